The molecule has 0 spiro atoms. The quantitative estimate of drug-likeness (QED) is 0.415. The Hall–Kier alpha value is -2.69. The number of hydroxylamine groups is 1. The van der Waals surface area contributed by atoms with Crippen molar-refractivity contribution in [1.82, 2.24) is 10.0 Å². The molecule has 32 heavy (non-hydrogen) atoms. The van der Waals surface area contributed by atoms with E-state index in [1.807, 2.05) is 24.3 Å². The number of anilines is 1. The fourth-order valence-corrected chi connectivity index (χ4v) is 4.62. The number of aryl methyl sites for hydroxylation is 1. The molecule has 10 heteroatoms. The standard InChI is InChI=1S/C22H29N3O6S/c1-22(21(28)23-29,32(2,30)31)10-14-25-11-7-17(15-20(25)27)16-3-5-18(6-4-16)24-12-8-19(26)9-13-24/h3-7,11,15,19,26,29H,8-10,12-14H2,1-2H3,(H,23,28)/t22-/m1/s1. The van der Waals surface area contributed by atoms with Gasteiger partial charge in [-0.25, -0.2) is 13.9 Å². The lowest BCUT2D eigenvalue weighted by Crippen LogP contribution is -2.49. The van der Waals surface area contributed by atoms with Gasteiger partial charge in [0, 0.05) is 43.8 Å². The third kappa shape index (κ3) is 5.03. The van der Waals surface area contributed by atoms with E-state index in [2.05, 4.69) is 4.90 Å². The van der Waals surface area contributed by atoms with Crippen LogP contribution in [0.3, 0.4) is 0 Å². The Morgan fingerprint density at radius 1 is 1.16 bits per heavy atom. The summed E-state index contributed by atoms with van der Waals surface area (Å²) in [6.45, 7) is 2.82. The number of nitrogens with one attached hydrogen (secondary N) is 1. The molecule has 174 valence electrons. The highest BCUT2D eigenvalue weighted by atomic mass is 32.2. The number of carbonyl (C=O) groups is 1. The summed E-state index contributed by atoms with van der Waals surface area (Å²) in [5.41, 5.74) is 3.74. The van der Waals surface area contributed by atoms with E-state index in [1.165, 1.54) is 23.0 Å². The van der Waals surface area contributed by atoms with E-state index in [-0.39, 0.29) is 24.6 Å². The fourth-order valence-electron chi connectivity index (χ4n) is 3.78. The summed E-state index contributed by atoms with van der Waals surface area (Å²) in [4.78, 5) is 26.8. The first-order valence-corrected chi connectivity index (χ1v) is 12.3. The summed E-state index contributed by atoms with van der Waals surface area (Å²) in [7, 11) is -3.83. The largest absolute Gasteiger partial charge is 0.393 e. The number of aromatic nitrogens is 1. The van der Waals surface area contributed by atoms with Gasteiger partial charge in [0.25, 0.3) is 11.5 Å². The predicted octanol–water partition coefficient (Wildman–Crippen LogP) is 1.18. The Labute approximate surface area is 187 Å². The van der Waals surface area contributed by atoms with Crippen molar-refractivity contribution in [1.29, 1.82) is 0 Å². The molecule has 1 aliphatic rings. The second-order valence-corrected chi connectivity index (χ2v) is 10.9. The lowest BCUT2D eigenvalue weighted by atomic mass is 10.0. The Morgan fingerprint density at radius 3 is 2.31 bits per heavy atom. The van der Waals surface area contributed by atoms with Crippen LogP contribution in [0.25, 0.3) is 11.1 Å². The number of pyridine rings is 1. The van der Waals surface area contributed by atoms with E-state index in [1.54, 1.807) is 12.3 Å². The van der Waals surface area contributed by atoms with Gasteiger partial charge in [0.15, 0.2) is 14.6 Å². The van der Waals surface area contributed by atoms with E-state index >= 15 is 0 Å². The zero-order valence-corrected chi connectivity index (χ0v) is 19.0. The molecule has 0 bridgehead atoms. The van der Waals surface area contributed by atoms with Crippen LogP contribution in [-0.4, -0.2) is 59.4 Å². The molecule has 0 unspecified atom stereocenters. The highest BCUT2D eigenvalue weighted by Crippen LogP contribution is 2.25. The van der Waals surface area contributed by atoms with Crippen molar-refractivity contribution in [2.75, 3.05) is 24.2 Å². The first-order chi connectivity index (χ1) is 15.0. The van der Waals surface area contributed by atoms with Crippen LogP contribution >= 0.6 is 0 Å². The Balaban J connectivity index is 1.74. The molecule has 3 N–H and O–H groups in total. The number of piperidine rings is 1. The first kappa shape index (κ1) is 24.0. The van der Waals surface area contributed by atoms with Crippen LogP contribution in [0.5, 0.6) is 0 Å². The number of hydrogen-bond acceptors (Lipinski definition) is 7. The van der Waals surface area contributed by atoms with Gasteiger partial charge in [-0.05, 0) is 55.5 Å². The van der Waals surface area contributed by atoms with Crippen molar-refractivity contribution in [3.05, 3.63) is 52.9 Å². The Kier molecular flexibility index (Phi) is 7.06. The first-order valence-electron chi connectivity index (χ1n) is 10.4. The molecule has 1 saturated heterocycles. The average Bonchev–Trinajstić information content (AvgIpc) is 2.77. The van der Waals surface area contributed by atoms with E-state index in [9.17, 15) is 23.1 Å². The molecule has 9 nitrogen and oxygen atoms in total. The van der Waals surface area contributed by atoms with Gasteiger partial charge in [-0.3, -0.25) is 14.8 Å². The van der Waals surface area contributed by atoms with E-state index in [0.29, 0.717) is 0 Å². The van der Waals surface area contributed by atoms with Crippen molar-refractivity contribution in [3.63, 3.8) is 0 Å². The van der Waals surface area contributed by atoms with Gasteiger partial charge >= 0.3 is 0 Å². The van der Waals surface area contributed by atoms with Crippen LogP contribution in [0.2, 0.25) is 0 Å². The predicted molar refractivity (Wildman–Crippen MR) is 121 cm³/mol. The normalized spacial score (nSPS) is 17.1. The zero-order chi connectivity index (χ0) is 23.5. The molecule has 3 rings (SSSR count). The minimum absolute atomic E-state index is 0.00411. The van der Waals surface area contributed by atoms with Crippen molar-refractivity contribution in [2.45, 2.75) is 43.6 Å². The molecule has 2 aromatic rings. The van der Waals surface area contributed by atoms with Crippen LogP contribution in [0, 0.1) is 0 Å². The van der Waals surface area contributed by atoms with Gasteiger partial charge in [-0.2, -0.15) is 0 Å². The molecular weight excluding hydrogens is 434 g/mol. The number of carbonyl (C=O) groups excluding carboxylic acids is 1. The monoisotopic (exact) mass is 463 g/mol. The van der Waals surface area contributed by atoms with Gasteiger partial charge in [-0.1, -0.05) is 12.1 Å². The van der Waals surface area contributed by atoms with Crippen molar-refractivity contribution >= 4 is 21.4 Å². The average molecular weight is 464 g/mol. The van der Waals surface area contributed by atoms with Crippen molar-refractivity contribution in [3.8, 4) is 11.1 Å². The highest BCUT2D eigenvalue weighted by molar-refractivity contribution is 7.92. The molecule has 0 saturated carbocycles. The SMILES string of the molecule is C[C@@](CCn1ccc(-c2ccc(N3CCC(O)CC3)cc2)cc1=O)(C(=O)NO)S(C)(=O)=O. The molecule has 1 aromatic heterocycles. The molecule has 1 fully saturated rings. The number of aliphatic hydroxyl groups excluding tert-OH is 1. The summed E-state index contributed by atoms with van der Waals surface area (Å²) in [6, 6.07) is 11.1. The smallest absolute Gasteiger partial charge is 0.264 e. The molecule has 0 aliphatic carbocycles. The molecule has 0 radical (unpaired) electrons. The number of benzene rings is 1. The van der Waals surface area contributed by atoms with E-state index in [4.69, 9.17) is 5.21 Å². The molecular formula is C22H29N3O6S. The van der Waals surface area contributed by atoms with Crippen molar-refractivity contribution < 1.29 is 23.5 Å². The molecule has 1 aliphatic heterocycles. The summed E-state index contributed by atoms with van der Waals surface area (Å²) < 4.78 is 23.6. The minimum atomic E-state index is -3.83. The van der Waals surface area contributed by atoms with Crippen LogP contribution in [0.15, 0.2) is 47.4 Å². The van der Waals surface area contributed by atoms with Gasteiger partial charge in [0.2, 0.25) is 0 Å². The van der Waals surface area contributed by atoms with Gasteiger partial charge in [-0.15, -0.1) is 0 Å². The molecule has 1 aromatic carbocycles. The maximum absolute atomic E-state index is 12.6. The maximum Gasteiger partial charge on any atom is 0.264 e. The van der Waals surface area contributed by atoms with E-state index in [0.717, 1.165) is 49.0 Å². The third-order valence-corrected chi connectivity index (χ3v) is 8.28. The molecule has 1 atom stereocenters. The van der Waals surface area contributed by atoms with Gasteiger partial charge in [0.05, 0.1) is 6.10 Å². The fraction of sp³-hybridized carbons (Fsp3) is 0.455. The number of hydrogen-bond donors (Lipinski definition) is 3. The lowest BCUT2D eigenvalue weighted by Gasteiger charge is -2.31. The Bertz CT molecular complexity index is 1120. The number of aliphatic hydroxyl groups is 1. The third-order valence-electron chi connectivity index (χ3n) is 6.26. The van der Waals surface area contributed by atoms with Crippen LogP contribution in [-0.2, 0) is 21.2 Å². The molecule has 1 amide bonds. The number of rotatable bonds is 7. The van der Waals surface area contributed by atoms with E-state index < -0.39 is 20.5 Å². The summed E-state index contributed by atoms with van der Waals surface area (Å²) in [5.74, 6) is -1.03. The number of sulfone groups is 1. The lowest BCUT2D eigenvalue weighted by molar-refractivity contribution is -0.131. The van der Waals surface area contributed by atoms with Crippen LogP contribution in [0.4, 0.5) is 5.69 Å². The van der Waals surface area contributed by atoms with Crippen LogP contribution in [0.1, 0.15) is 26.2 Å². The van der Waals surface area contributed by atoms with Gasteiger partial charge < -0.3 is 14.6 Å². The highest BCUT2D eigenvalue weighted by Gasteiger charge is 2.43. The second kappa shape index (κ2) is 9.43. The van der Waals surface area contributed by atoms with Crippen molar-refractivity contribution in [2.24, 2.45) is 0 Å². The minimum Gasteiger partial charge on any atom is -0.393 e. The number of nitrogens with zero attached hydrogens (tertiary/aromatic N) is 2. The summed E-state index contributed by atoms with van der Waals surface area (Å²) in [6.07, 6.45) is 3.58. The van der Waals surface area contributed by atoms with Gasteiger partial charge in [0.1, 0.15) is 0 Å². The Morgan fingerprint density at radius 2 is 1.78 bits per heavy atom. The summed E-state index contributed by atoms with van der Waals surface area (Å²) in [5, 5.41) is 18.6. The summed E-state index contributed by atoms with van der Waals surface area (Å²) >= 11 is 0. The van der Waals surface area contributed by atoms with Crippen LogP contribution < -0.4 is 15.9 Å². The maximum atomic E-state index is 12.6. The molecule has 2 heterocycles. The second-order valence-electron chi connectivity index (χ2n) is 8.41. The topological polar surface area (TPSA) is 129 Å². The zero-order valence-electron chi connectivity index (χ0n) is 18.2. The number of amides is 1.